The number of nitrogens with one attached hydrogen (secondary N) is 1. The van der Waals surface area contributed by atoms with Gasteiger partial charge in [-0.15, -0.1) is 11.8 Å². The number of fused-ring (bicyclic) bond motifs is 1. The molecule has 0 saturated heterocycles. The first-order valence-corrected chi connectivity index (χ1v) is 9.72. The SMILES string of the molecule is O=C1CCCC2=C1[C@H](c1ccc(I)cc1)Sc1ccccc1N2. The van der Waals surface area contributed by atoms with Crippen molar-refractivity contribution >= 4 is 45.8 Å². The third kappa shape index (κ3) is 2.94. The molecule has 1 heterocycles. The van der Waals surface area contributed by atoms with Gasteiger partial charge in [0, 0.05) is 26.2 Å². The molecule has 1 atom stereocenters. The molecule has 1 aliphatic heterocycles. The number of allylic oxidation sites excluding steroid dienone is 1. The molecule has 4 rings (SSSR count). The highest BCUT2D eigenvalue weighted by Crippen LogP contribution is 2.49. The average molecular weight is 433 g/mol. The Kier molecular flexibility index (Phi) is 4.20. The number of Topliss-reactive ketones (excluding diaryl/α,β-unsaturated/α-hetero) is 1. The molecule has 0 bridgehead atoms. The van der Waals surface area contributed by atoms with Gasteiger partial charge in [0.25, 0.3) is 0 Å². The highest BCUT2D eigenvalue weighted by molar-refractivity contribution is 14.1. The summed E-state index contributed by atoms with van der Waals surface area (Å²) in [6, 6.07) is 16.9. The van der Waals surface area contributed by atoms with Gasteiger partial charge in [-0.1, -0.05) is 24.3 Å². The summed E-state index contributed by atoms with van der Waals surface area (Å²) >= 11 is 4.10. The van der Waals surface area contributed by atoms with E-state index < -0.39 is 0 Å². The Balaban J connectivity index is 1.86. The van der Waals surface area contributed by atoms with E-state index in [2.05, 4.69) is 70.4 Å². The first-order chi connectivity index (χ1) is 11.2. The van der Waals surface area contributed by atoms with Crippen LogP contribution in [0.15, 0.2) is 64.7 Å². The maximum Gasteiger partial charge on any atom is 0.162 e. The number of para-hydroxylation sites is 1. The molecule has 2 aromatic carbocycles. The van der Waals surface area contributed by atoms with E-state index in [0.717, 1.165) is 29.8 Å². The summed E-state index contributed by atoms with van der Waals surface area (Å²) in [5.74, 6) is 0.294. The summed E-state index contributed by atoms with van der Waals surface area (Å²) in [4.78, 5) is 13.9. The van der Waals surface area contributed by atoms with Crippen molar-refractivity contribution in [1.82, 2.24) is 0 Å². The van der Waals surface area contributed by atoms with Crippen LogP contribution in [-0.2, 0) is 4.79 Å². The molecule has 0 fully saturated rings. The maximum absolute atomic E-state index is 12.7. The zero-order valence-electron chi connectivity index (χ0n) is 12.5. The Morgan fingerprint density at radius 3 is 2.65 bits per heavy atom. The number of benzene rings is 2. The second kappa shape index (κ2) is 6.32. The fourth-order valence-corrected chi connectivity index (χ4v) is 4.89. The normalized spacial score (nSPS) is 20.4. The van der Waals surface area contributed by atoms with Gasteiger partial charge in [0.05, 0.1) is 10.9 Å². The van der Waals surface area contributed by atoms with E-state index in [1.165, 1.54) is 14.0 Å². The molecule has 0 spiro atoms. The van der Waals surface area contributed by atoms with Crippen LogP contribution in [0.5, 0.6) is 0 Å². The number of halogens is 1. The Bertz CT molecular complexity index is 797. The third-order valence-electron chi connectivity index (χ3n) is 4.31. The van der Waals surface area contributed by atoms with Crippen LogP contribution in [0.1, 0.15) is 30.1 Å². The van der Waals surface area contributed by atoms with E-state index in [0.29, 0.717) is 12.2 Å². The zero-order chi connectivity index (χ0) is 15.8. The summed E-state index contributed by atoms with van der Waals surface area (Å²) in [6.45, 7) is 0. The van der Waals surface area contributed by atoms with Crippen molar-refractivity contribution in [3.05, 3.63) is 68.9 Å². The molecule has 0 amide bonds. The lowest BCUT2D eigenvalue weighted by molar-refractivity contribution is -0.116. The topological polar surface area (TPSA) is 29.1 Å². The van der Waals surface area contributed by atoms with E-state index in [1.807, 2.05) is 6.07 Å². The average Bonchev–Trinajstić information content (AvgIpc) is 2.73. The van der Waals surface area contributed by atoms with E-state index in [1.54, 1.807) is 11.8 Å². The van der Waals surface area contributed by atoms with Crippen LogP contribution < -0.4 is 5.32 Å². The molecular weight excluding hydrogens is 417 g/mol. The van der Waals surface area contributed by atoms with Crippen LogP contribution in [-0.4, -0.2) is 5.78 Å². The van der Waals surface area contributed by atoms with Crippen molar-refractivity contribution in [3.63, 3.8) is 0 Å². The van der Waals surface area contributed by atoms with Crippen LogP contribution in [0.4, 0.5) is 5.69 Å². The molecule has 0 aromatic heterocycles. The van der Waals surface area contributed by atoms with Crippen molar-refractivity contribution in [3.8, 4) is 0 Å². The van der Waals surface area contributed by atoms with Crippen LogP contribution in [0, 0.1) is 3.57 Å². The summed E-state index contributed by atoms with van der Waals surface area (Å²) < 4.78 is 1.22. The fraction of sp³-hybridized carbons (Fsp3) is 0.211. The quantitative estimate of drug-likeness (QED) is 0.598. The van der Waals surface area contributed by atoms with Crippen LogP contribution in [0.2, 0.25) is 0 Å². The number of hydrogen-bond donors (Lipinski definition) is 1. The van der Waals surface area contributed by atoms with Crippen molar-refractivity contribution < 1.29 is 4.79 Å². The van der Waals surface area contributed by atoms with Crippen molar-refractivity contribution in [2.45, 2.75) is 29.4 Å². The predicted molar refractivity (Wildman–Crippen MR) is 104 cm³/mol. The zero-order valence-corrected chi connectivity index (χ0v) is 15.5. The summed E-state index contributed by atoms with van der Waals surface area (Å²) in [7, 11) is 0. The Labute approximate surface area is 153 Å². The fourth-order valence-electron chi connectivity index (χ4n) is 3.19. The second-order valence-corrected chi connectivity index (χ2v) is 8.23. The third-order valence-corrected chi connectivity index (χ3v) is 6.38. The van der Waals surface area contributed by atoms with E-state index in [4.69, 9.17) is 0 Å². The van der Waals surface area contributed by atoms with Gasteiger partial charge in [0.1, 0.15) is 0 Å². The van der Waals surface area contributed by atoms with Crippen LogP contribution >= 0.6 is 34.4 Å². The van der Waals surface area contributed by atoms with Gasteiger partial charge < -0.3 is 5.32 Å². The molecule has 0 radical (unpaired) electrons. The minimum Gasteiger partial charge on any atom is -0.358 e. The molecule has 2 nitrogen and oxygen atoms in total. The first-order valence-electron chi connectivity index (χ1n) is 7.77. The predicted octanol–water partition coefficient (Wildman–Crippen LogP) is 5.56. The van der Waals surface area contributed by atoms with E-state index in [9.17, 15) is 4.79 Å². The first kappa shape index (κ1) is 15.3. The Morgan fingerprint density at radius 2 is 1.83 bits per heavy atom. The van der Waals surface area contributed by atoms with Gasteiger partial charge in [-0.2, -0.15) is 0 Å². The molecule has 1 aliphatic carbocycles. The van der Waals surface area contributed by atoms with Gasteiger partial charge in [-0.05, 0) is 65.3 Å². The Morgan fingerprint density at radius 1 is 1.04 bits per heavy atom. The molecule has 23 heavy (non-hydrogen) atoms. The minimum absolute atomic E-state index is 0.0750. The van der Waals surface area contributed by atoms with Gasteiger partial charge in [0.2, 0.25) is 0 Å². The van der Waals surface area contributed by atoms with Crippen molar-refractivity contribution in [2.75, 3.05) is 5.32 Å². The lowest BCUT2D eigenvalue weighted by Gasteiger charge is -2.24. The monoisotopic (exact) mass is 433 g/mol. The van der Waals surface area contributed by atoms with E-state index >= 15 is 0 Å². The number of ketones is 1. The molecule has 1 N–H and O–H groups in total. The van der Waals surface area contributed by atoms with Crippen molar-refractivity contribution in [2.24, 2.45) is 0 Å². The van der Waals surface area contributed by atoms with Gasteiger partial charge in [0.15, 0.2) is 5.78 Å². The molecule has 4 heteroatoms. The summed E-state index contributed by atoms with van der Waals surface area (Å²) in [5.41, 5.74) is 4.41. The lowest BCUT2D eigenvalue weighted by atomic mass is 9.89. The maximum atomic E-state index is 12.7. The smallest absolute Gasteiger partial charge is 0.162 e. The van der Waals surface area contributed by atoms with Gasteiger partial charge in [-0.25, -0.2) is 0 Å². The van der Waals surface area contributed by atoms with E-state index in [-0.39, 0.29) is 5.25 Å². The van der Waals surface area contributed by atoms with Gasteiger partial charge in [-0.3, -0.25) is 4.79 Å². The highest BCUT2D eigenvalue weighted by Gasteiger charge is 2.32. The molecule has 116 valence electrons. The summed E-state index contributed by atoms with van der Waals surface area (Å²) in [5, 5.41) is 3.61. The summed E-state index contributed by atoms with van der Waals surface area (Å²) in [6.07, 6.45) is 2.56. The second-order valence-electron chi connectivity index (χ2n) is 5.84. The number of carbonyl (C=O) groups excluding carboxylic acids is 1. The lowest BCUT2D eigenvalue weighted by Crippen LogP contribution is -2.19. The van der Waals surface area contributed by atoms with Crippen LogP contribution in [0.25, 0.3) is 0 Å². The highest BCUT2D eigenvalue weighted by atomic mass is 127. The Hall–Kier alpha value is -1.27. The molecule has 2 aromatic rings. The standard InChI is InChI=1S/C19H16INOS/c20-13-10-8-12(9-11-13)19-18-15(5-3-6-16(18)22)21-14-4-1-2-7-17(14)23-19/h1-2,4,7-11,19,21H,3,5-6H2/t19-/m0/s1. The number of hydrogen-bond acceptors (Lipinski definition) is 3. The number of rotatable bonds is 1. The molecule has 2 aliphatic rings. The van der Waals surface area contributed by atoms with Gasteiger partial charge >= 0.3 is 0 Å². The number of carbonyl (C=O) groups is 1. The van der Waals surface area contributed by atoms with Crippen molar-refractivity contribution in [1.29, 1.82) is 0 Å². The molecule has 0 saturated carbocycles. The molecular formula is C19H16INOS. The minimum atomic E-state index is 0.0750. The number of thioether (sulfide) groups is 1. The molecule has 0 unspecified atom stereocenters. The largest absolute Gasteiger partial charge is 0.358 e. The van der Waals surface area contributed by atoms with Crippen LogP contribution in [0.3, 0.4) is 0 Å². The number of anilines is 1.